The smallest absolute Gasteiger partial charge is 0.379 e. The first-order valence-electron chi connectivity index (χ1n) is 8.41. The molecule has 6 nitrogen and oxygen atoms in total. The molecule has 0 aromatic carbocycles. The zero-order valence-electron chi connectivity index (χ0n) is 14.6. The fourth-order valence-corrected chi connectivity index (χ4v) is 3.07. The predicted octanol–water partition coefficient (Wildman–Crippen LogP) is 1.56. The minimum Gasteiger partial charge on any atom is -0.379 e. The number of likely N-dealkylation sites (tertiary alicyclic amines) is 1. The van der Waals surface area contributed by atoms with Crippen molar-refractivity contribution in [2.45, 2.75) is 25.1 Å². The molecule has 148 valence electrons. The molecule has 2 fully saturated rings. The van der Waals surface area contributed by atoms with Crippen molar-refractivity contribution in [3.05, 3.63) is 0 Å². The second kappa shape index (κ2) is 11.4. The topological polar surface area (TPSA) is 49.3 Å². The number of rotatable bonds is 6. The molecule has 2 aliphatic heterocycles. The Kier molecular flexibility index (Phi) is 10.4. The van der Waals surface area contributed by atoms with E-state index in [4.69, 9.17) is 4.74 Å². The number of alkyl halides is 3. The van der Waals surface area contributed by atoms with Gasteiger partial charge in [0, 0.05) is 52.4 Å². The number of aliphatic imine (C=N–C) groups is 1. The maximum Gasteiger partial charge on any atom is 0.411 e. The van der Waals surface area contributed by atoms with E-state index in [1.807, 2.05) is 0 Å². The van der Waals surface area contributed by atoms with Crippen LogP contribution in [0.1, 0.15) is 12.8 Å². The van der Waals surface area contributed by atoms with E-state index in [-0.39, 0.29) is 30.6 Å². The Morgan fingerprint density at radius 2 is 2.00 bits per heavy atom. The van der Waals surface area contributed by atoms with Crippen LogP contribution in [0.5, 0.6) is 0 Å². The Morgan fingerprint density at radius 1 is 1.28 bits per heavy atom. The van der Waals surface area contributed by atoms with Gasteiger partial charge >= 0.3 is 6.18 Å². The first kappa shape index (κ1) is 22.7. The minimum atomic E-state index is -4.26. The van der Waals surface area contributed by atoms with Gasteiger partial charge in [0.15, 0.2) is 5.96 Å². The quantitative estimate of drug-likeness (QED) is 0.271. The summed E-state index contributed by atoms with van der Waals surface area (Å²) in [7, 11) is 1.73. The predicted molar refractivity (Wildman–Crippen MR) is 101 cm³/mol. The molecular formula is C15H28F3IN4O2. The summed E-state index contributed by atoms with van der Waals surface area (Å²) in [4.78, 5) is 8.94. The van der Waals surface area contributed by atoms with Crippen molar-refractivity contribution in [3.63, 3.8) is 0 Å². The summed E-state index contributed by atoms with van der Waals surface area (Å²) in [5.74, 6) is 0.807. The molecule has 2 rings (SSSR count). The number of guanidine groups is 1. The van der Waals surface area contributed by atoms with Gasteiger partial charge in [-0.3, -0.25) is 9.89 Å². The van der Waals surface area contributed by atoms with Crippen molar-refractivity contribution in [2.24, 2.45) is 4.99 Å². The normalized spacial score (nSPS) is 22.8. The summed E-state index contributed by atoms with van der Waals surface area (Å²) in [6.07, 6.45) is -2.65. The summed E-state index contributed by atoms with van der Waals surface area (Å²) in [6.45, 7) is 4.83. The fraction of sp³-hybridized carbons (Fsp3) is 0.933. The van der Waals surface area contributed by atoms with Gasteiger partial charge in [0.1, 0.15) is 6.61 Å². The van der Waals surface area contributed by atoms with Crippen molar-refractivity contribution in [3.8, 4) is 0 Å². The molecule has 0 radical (unpaired) electrons. The van der Waals surface area contributed by atoms with Gasteiger partial charge in [0.05, 0.1) is 13.2 Å². The summed E-state index contributed by atoms with van der Waals surface area (Å²) in [5, 5.41) is 3.20. The van der Waals surface area contributed by atoms with E-state index >= 15 is 0 Å². The molecule has 0 aliphatic carbocycles. The highest BCUT2D eigenvalue weighted by Gasteiger charge is 2.30. The van der Waals surface area contributed by atoms with Crippen molar-refractivity contribution in [1.29, 1.82) is 0 Å². The SMILES string of the molecule is CN=C(NCCCOCC(F)(F)F)N1CCC(N2CCOCC2)C1.I. The first-order chi connectivity index (χ1) is 11.5. The number of morpholine rings is 1. The van der Waals surface area contributed by atoms with Crippen LogP contribution < -0.4 is 5.32 Å². The number of hydrogen-bond acceptors (Lipinski definition) is 4. The van der Waals surface area contributed by atoms with E-state index < -0.39 is 12.8 Å². The second-order valence-electron chi connectivity index (χ2n) is 6.03. The third kappa shape index (κ3) is 8.27. The van der Waals surface area contributed by atoms with Crippen molar-refractivity contribution >= 4 is 29.9 Å². The molecule has 25 heavy (non-hydrogen) atoms. The van der Waals surface area contributed by atoms with Crippen LogP contribution >= 0.6 is 24.0 Å². The van der Waals surface area contributed by atoms with Crippen molar-refractivity contribution in [2.75, 3.05) is 66.2 Å². The molecule has 0 bridgehead atoms. The molecule has 1 unspecified atom stereocenters. The molecule has 0 spiro atoms. The molecule has 10 heteroatoms. The number of nitrogens with zero attached hydrogens (tertiary/aromatic N) is 3. The number of ether oxygens (including phenoxy) is 2. The van der Waals surface area contributed by atoms with E-state index in [0.29, 0.717) is 19.0 Å². The molecule has 2 heterocycles. The zero-order valence-corrected chi connectivity index (χ0v) is 16.9. The van der Waals surface area contributed by atoms with Gasteiger partial charge in [0.25, 0.3) is 0 Å². The van der Waals surface area contributed by atoms with Crippen LogP contribution in [0.4, 0.5) is 13.2 Å². The lowest BCUT2D eigenvalue weighted by molar-refractivity contribution is -0.173. The van der Waals surface area contributed by atoms with Crippen molar-refractivity contribution < 1.29 is 22.6 Å². The Balaban J connectivity index is 0.00000312. The molecule has 1 N–H and O–H groups in total. The van der Waals surface area contributed by atoms with Crippen LogP contribution in [-0.2, 0) is 9.47 Å². The van der Waals surface area contributed by atoms with Crippen molar-refractivity contribution in [1.82, 2.24) is 15.1 Å². The largest absolute Gasteiger partial charge is 0.411 e. The molecule has 2 aliphatic rings. The summed E-state index contributed by atoms with van der Waals surface area (Å²) >= 11 is 0. The van der Waals surface area contributed by atoms with Gasteiger partial charge in [-0.25, -0.2) is 0 Å². The average molecular weight is 480 g/mol. The highest BCUT2D eigenvalue weighted by molar-refractivity contribution is 14.0. The monoisotopic (exact) mass is 480 g/mol. The highest BCUT2D eigenvalue weighted by Crippen LogP contribution is 2.17. The third-order valence-corrected chi connectivity index (χ3v) is 4.25. The lowest BCUT2D eigenvalue weighted by Gasteiger charge is -2.32. The van der Waals surface area contributed by atoms with E-state index in [1.54, 1.807) is 7.05 Å². The molecule has 0 aromatic rings. The Morgan fingerprint density at radius 3 is 2.64 bits per heavy atom. The molecule has 1 atom stereocenters. The number of halogens is 4. The van der Waals surface area contributed by atoms with Gasteiger partial charge < -0.3 is 19.7 Å². The Labute approximate surface area is 164 Å². The van der Waals surface area contributed by atoms with Gasteiger partial charge in [0.2, 0.25) is 0 Å². The first-order valence-corrected chi connectivity index (χ1v) is 8.41. The standard InChI is InChI=1S/C15H27F3N4O2.HI/c1-19-14(20-4-2-8-24-12-15(16,17)18)22-5-3-13(11-22)21-6-9-23-10-7-21;/h13H,2-12H2,1H3,(H,19,20);1H. The van der Waals surface area contributed by atoms with Crippen LogP contribution in [0.2, 0.25) is 0 Å². The molecule has 0 saturated carbocycles. The molecular weight excluding hydrogens is 452 g/mol. The minimum absolute atomic E-state index is 0. The molecule has 0 amide bonds. The maximum absolute atomic E-state index is 12.0. The number of hydrogen-bond donors (Lipinski definition) is 1. The van der Waals surface area contributed by atoms with Crippen LogP contribution in [-0.4, -0.2) is 94.2 Å². The summed E-state index contributed by atoms with van der Waals surface area (Å²) in [6, 6.07) is 0.516. The Hall–Kier alpha value is -0.330. The highest BCUT2D eigenvalue weighted by atomic mass is 127. The van der Waals surface area contributed by atoms with E-state index in [0.717, 1.165) is 51.8 Å². The van der Waals surface area contributed by atoms with Crippen LogP contribution in [0.25, 0.3) is 0 Å². The van der Waals surface area contributed by atoms with Gasteiger partial charge in [-0.1, -0.05) is 0 Å². The maximum atomic E-state index is 12.0. The van der Waals surface area contributed by atoms with Crippen LogP contribution in [0.3, 0.4) is 0 Å². The lowest BCUT2D eigenvalue weighted by Crippen LogP contribution is -2.46. The van der Waals surface area contributed by atoms with Gasteiger partial charge in [-0.2, -0.15) is 13.2 Å². The second-order valence-corrected chi connectivity index (χ2v) is 6.03. The summed E-state index contributed by atoms with van der Waals surface area (Å²) < 4.78 is 45.9. The lowest BCUT2D eigenvalue weighted by atomic mass is 10.2. The van der Waals surface area contributed by atoms with Gasteiger partial charge in [-0.05, 0) is 12.8 Å². The van der Waals surface area contributed by atoms with E-state index in [9.17, 15) is 13.2 Å². The van der Waals surface area contributed by atoms with Crippen LogP contribution in [0.15, 0.2) is 4.99 Å². The van der Waals surface area contributed by atoms with Gasteiger partial charge in [-0.15, -0.1) is 24.0 Å². The van der Waals surface area contributed by atoms with Crippen LogP contribution in [0, 0.1) is 0 Å². The zero-order chi connectivity index (χ0) is 17.4. The molecule has 2 saturated heterocycles. The average Bonchev–Trinajstić information content (AvgIpc) is 3.04. The third-order valence-electron chi connectivity index (χ3n) is 4.25. The number of nitrogens with one attached hydrogen (secondary N) is 1. The van der Waals surface area contributed by atoms with E-state index in [1.165, 1.54) is 0 Å². The Bertz CT molecular complexity index is 407. The van der Waals surface area contributed by atoms with E-state index in [2.05, 4.69) is 24.8 Å². The summed E-state index contributed by atoms with van der Waals surface area (Å²) in [5.41, 5.74) is 0. The molecule has 0 aromatic heterocycles. The fourth-order valence-electron chi connectivity index (χ4n) is 3.07.